The van der Waals surface area contributed by atoms with Crippen LogP contribution in [0.2, 0.25) is 0 Å². The summed E-state index contributed by atoms with van der Waals surface area (Å²) >= 11 is 0. The van der Waals surface area contributed by atoms with Crippen molar-refractivity contribution in [2.45, 2.75) is 24.9 Å². The number of oxime groups is 1. The van der Waals surface area contributed by atoms with Crippen molar-refractivity contribution in [1.82, 2.24) is 0 Å². The molecule has 5 heteroatoms. The zero-order valence-electron chi connectivity index (χ0n) is 14.3. The Labute approximate surface area is 151 Å². The molecule has 5 nitrogen and oxygen atoms in total. The van der Waals surface area contributed by atoms with Crippen molar-refractivity contribution < 1.29 is 19.4 Å². The van der Waals surface area contributed by atoms with Crippen LogP contribution in [0.4, 0.5) is 0 Å². The third kappa shape index (κ3) is 2.65. The molecule has 2 heterocycles. The van der Waals surface area contributed by atoms with E-state index < -0.39 is 0 Å². The molecular formula is C21H19NO4. The Morgan fingerprint density at radius 2 is 2.08 bits per heavy atom. The van der Waals surface area contributed by atoms with Crippen LogP contribution in [0.1, 0.15) is 29.5 Å². The number of allylic oxidation sites excluding steroid dienone is 1. The molecule has 3 aliphatic rings. The standard InChI is InChI=1S/C21H19NO4/c23-19-6-5-16(18-12-21(26-22-18)7-8-24-13-21)11-20(19)25-17-9-14-3-1-2-4-15(14)10-17/h1-6,9,11,23H,7-8,10,12-13H2. The largest absolute Gasteiger partial charge is 0.504 e. The van der Waals surface area contributed by atoms with Crippen molar-refractivity contribution in [2.24, 2.45) is 5.16 Å². The highest BCUT2D eigenvalue weighted by molar-refractivity contribution is 6.02. The molecule has 0 radical (unpaired) electrons. The lowest BCUT2D eigenvalue weighted by molar-refractivity contribution is -0.0237. The predicted molar refractivity (Wildman–Crippen MR) is 97.3 cm³/mol. The Bertz CT molecular complexity index is 925. The first-order valence-corrected chi connectivity index (χ1v) is 8.83. The number of hydrogen-bond acceptors (Lipinski definition) is 5. The molecule has 0 bridgehead atoms. The Morgan fingerprint density at radius 1 is 1.15 bits per heavy atom. The number of ether oxygens (including phenoxy) is 2. The molecule has 1 saturated heterocycles. The molecule has 1 spiro atoms. The van der Waals surface area contributed by atoms with E-state index in [0.717, 1.165) is 35.4 Å². The Kier molecular flexibility index (Phi) is 3.50. The van der Waals surface area contributed by atoms with E-state index in [4.69, 9.17) is 14.3 Å². The number of aromatic hydroxyl groups is 1. The summed E-state index contributed by atoms with van der Waals surface area (Å²) in [6, 6.07) is 13.5. The highest BCUT2D eigenvalue weighted by atomic mass is 16.7. The fourth-order valence-electron chi connectivity index (χ4n) is 3.71. The number of benzene rings is 2. The normalized spacial score (nSPS) is 23.5. The van der Waals surface area contributed by atoms with Crippen LogP contribution in [0.15, 0.2) is 53.4 Å². The minimum atomic E-state index is -0.316. The summed E-state index contributed by atoms with van der Waals surface area (Å²) in [5.74, 6) is 1.38. The fraction of sp³-hybridized carbons (Fsp3) is 0.286. The molecule has 0 amide bonds. The molecule has 1 unspecified atom stereocenters. The van der Waals surface area contributed by atoms with Gasteiger partial charge < -0.3 is 19.4 Å². The van der Waals surface area contributed by atoms with Crippen LogP contribution in [0, 0.1) is 0 Å². The molecule has 1 fully saturated rings. The molecule has 0 saturated carbocycles. The van der Waals surface area contributed by atoms with E-state index in [1.54, 1.807) is 6.07 Å². The molecule has 2 aromatic rings. The average molecular weight is 349 g/mol. The number of phenols is 1. The van der Waals surface area contributed by atoms with Gasteiger partial charge in [-0.2, -0.15) is 0 Å². The maximum absolute atomic E-state index is 10.2. The summed E-state index contributed by atoms with van der Waals surface area (Å²) < 4.78 is 11.5. The average Bonchev–Trinajstić information content (AvgIpc) is 3.37. The third-order valence-electron chi connectivity index (χ3n) is 5.18. The molecule has 26 heavy (non-hydrogen) atoms. The Balaban J connectivity index is 1.37. The molecular weight excluding hydrogens is 330 g/mol. The summed E-state index contributed by atoms with van der Waals surface area (Å²) in [6.45, 7) is 1.29. The van der Waals surface area contributed by atoms with Crippen LogP contribution in [-0.4, -0.2) is 29.6 Å². The monoisotopic (exact) mass is 349 g/mol. The first-order chi connectivity index (χ1) is 12.7. The Hall–Kier alpha value is -2.79. The van der Waals surface area contributed by atoms with Crippen molar-refractivity contribution in [3.8, 4) is 11.5 Å². The van der Waals surface area contributed by atoms with Crippen LogP contribution >= 0.6 is 0 Å². The number of nitrogens with zero attached hydrogens (tertiary/aromatic N) is 1. The Morgan fingerprint density at radius 3 is 2.92 bits per heavy atom. The van der Waals surface area contributed by atoms with Gasteiger partial charge in [-0.05, 0) is 35.4 Å². The number of phenolic OH excluding ortho intramolecular Hbond substituents is 1. The maximum atomic E-state index is 10.2. The molecule has 132 valence electrons. The van der Waals surface area contributed by atoms with E-state index in [9.17, 15) is 5.11 Å². The quantitative estimate of drug-likeness (QED) is 0.919. The maximum Gasteiger partial charge on any atom is 0.169 e. The third-order valence-corrected chi connectivity index (χ3v) is 5.18. The highest BCUT2D eigenvalue weighted by Crippen LogP contribution is 2.37. The van der Waals surface area contributed by atoms with Crippen molar-refractivity contribution >= 4 is 11.8 Å². The van der Waals surface area contributed by atoms with Gasteiger partial charge in [0.15, 0.2) is 17.1 Å². The molecule has 1 atom stereocenters. The van der Waals surface area contributed by atoms with E-state index in [1.165, 1.54) is 5.56 Å². The highest BCUT2D eigenvalue weighted by Gasteiger charge is 2.43. The van der Waals surface area contributed by atoms with Gasteiger partial charge in [0.2, 0.25) is 0 Å². The van der Waals surface area contributed by atoms with E-state index in [1.807, 2.05) is 30.3 Å². The van der Waals surface area contributed by atoms with E-state index >= 15 is 0 Å². The van der Waals surface area contributed by atoms with Crippen LogP contribution in [0.3, 0.4) is 0 Å². The summed E-state index contributed by atoms with van der Waals surface area (Å²) in [4.78, 5) is 5.66. The van der Waals surface area contributed by atoms with E-state index in [-0.39, 0.29) is 11.4 Å². The lowest BCUT2D eigenvalue weighted by Gasteiger charge is -2.17. The minimum Gasteiger partial charge on any atom is -0.504 e. The summed E-state index contributed by atoms with van der Waals surface area (Å²) in [5, 5.41) is 14.5. The number of fused-ring (bicyclic) bond motifs is 1. The lowest BCUT2D eigenvalue weighted by Crippen LogP contribution is -2.29. The van der Waals surface area contributed by atoms with Crippen LogP contribution in [-0.2, 0) is 16.0 Å². The molecule has 0 aromatic heterocycles. The number of hydrogen-bond donors (Lipinski definition) is 1. The topological polar surface area (TPSA) is 60.3 Å². The summed E-state index contributed by atoms with van der Waals surface area (Å²) in [5.41, 5.74) is 3.84. The van der Waals surface area contributed by atoms with Crippen LogP contribution < -0.4 is 4.74 Å². The van der Waals surface area contributed by atoms with Gasteiger partial charge >= 0.3 is 0 Å². The first-order valence-electron chi connectivity index (χ1n) is 8.83. The molecule has 2 aliphatic heterocycles. The van der Waals surface area contributed by atoms with Crippen molar-refractivity contribution in [2.75, 3.05) is 13.2 Å². The zero-order chi connectivity index (χ0) is 17.6. The molecule has 1 N–H and O–H groups in total. The first kappa shape index (κ1) is 15.5. The van der Waals surface area contributed by atoms with Crippen LogP contribution in [0.25, 0.3) is 6.08 Å². The van der Waals surface area contributed by atoms with Gasteiger partial charge in [0.05, 0.1) is 18.9 Å². The summed E-state index contributed by atoms with van der Waals surface area (Å²) in [6.07, 6.45) is 4.31. The van der Waals surface area contributed by atoms with Gasteiger partial charge in [-0.3, -0.25) is 0 Å². The number of rotatable bonds is 3. The van der Waals surface area contributed by atoms with Gasteiger partial charge in [0.1, 0.15) is 5.76 Å². The summed E-state index contributed by atoms with van der Waals surface area (Å²) in [7, 11) is 0. The van der Waals surface area contributed by atoms with Gasteiger partial charge in [-0.15, -0.1) is 0 Å². The van der Waals surface area contributed by atoms with Crippen molar-refractivity contribution in [3.05, 3.63) is 64.9 Å². The fourth-order valence-corrected chi connectivity index (χ4v) is 3.71. The second-order valence-electron chi connectivity index (χ2n) is 7.06. The smallest absolute Gasteiger partial charge is 0.169 e. The van der Waals surface area contributed by atoms with Gasteiger partial charge in [0, 0.05) is 24.8 Å². The lowest BCUT2D eigenvalue weighted by atomic mass is 9.93. The van der Waals surface area contributed by atoms with Crippen LogP contribution in [0.5, 0.6) is 11.5 Å². The van der Waals surface area contributed by atoms with E-state index in [2.05, 4.69) is 17.3 Å². The minimum absolute atomic E-state index is 0.115. The second kappa shape index (κ2) is 5.88. The van der Waals surface area contributed by atoms with Gasteiger partial charge in [-0.1, -0.05) is 29.4 Å². The van der Waals surface area contributed by atoms with Crippen molar-refractivity contribution in [3.63, 3.8) is 0 Å². The van der Waals surface area contributed by atoms with Crippen molar-refractivity contribution in [1.29, 1.82) is 0 Å². The zero-order valence-corrected chi connectivity index (χ0v) is 14.3. The molecule has 1 aliphatic carbocycles. The van der Waals surface area contributed by atoms with Gasteiger partial charge in [-0.25, -0.2) is 0 Å². The molecule has 5 rings (SSSR count). The van der Waals surface area contributed by atoms with Gasteiger partial charge in [0.25, 0.3) is 0 Å². The predicted octanol–water partition coefficient (Wildman–Crippen LogP) is 3.65. The SMILES string of the molecule is Oc1ccc(C2=NOC3(CCOC3)C2)cc1OC1=Cc2ccccc2C1. The second-order valence-corrected chi connectivity index (χ2v) is 7.06. The molecule has 2 aromatic carbocycles. The van der Waals surface area contributed by atoms with E-state index in [0.29, 0.717) is 25.4 Å².